The number of nitrogens with one attached hydrogen (secondary N) is 2. The fourth-order valence-corrected chi connectivity index (χ4v) is 3.58. The second kappa shape index (κ2) is 12.1. The molecule has 3 rings (SSSR count). The molecular weight excluding hydrogens is 535 g/mol. The third-order valence-corrected chi connectivity index (χ3v) is 5.75. The summed E-state index contributed by atoms with van der Waals surface area (Å²) in [7, 11) is 3.57. The van der Waals surface area contributed by atoms with E-state index in [9.17, 15) is 0 Å². The van der Waals surface area contributed by atoms with Gasteiger partial charge in [-0.25, -0.2) is 4.99 Å². The Morgan fingerprint density at radius 1 is 1.27 bits per heavy atom. The molecule has 7 nitrogen and oxygen atoms in total. The van der Waals surface area contributed by atoms with Gasteiger partial charge in [0.1, 0.15) is 18.1 Å². The summed E-state index contributed by atoms with van der Waals surface area (Å²) in [5.74, 6) is 3.16. The molecule has 0 unspecified atom stereocenters. The van der Waals surface area contributed by atoms with Gasteiger partial charge in [-0.3, -0.25) is 0 Å². The molecule has 0 aliphatic rings. The SMILES string of the molecule is COc1ccc(CCNC(=NCc2nnc(C)n2C)NCc2cccs2)c(Cl)c1.I. The molecule has 2 aromatic heterocycles. The third kappa shape index (κ3) is 6.85. The maximum atomic E-state index is 6.34. The van der Waals surface area contributed by atoms with Gasteiger partial charge in [0.25, 0.3) is 0 Å². The van der Waals surface area contributed by atoms with Crippen molar-refractivity contribution >= 4 is 52.9 Å². The molecule has 0 amide bonds. The highest BCUT2D eigenvalue weighted by Gasteiger charge is 2.07. The largest absolute Gasteiger partial charge is 0.497 e. The average molecular weight is 561 g/mol. The van der Waals surface area contributed by atoms with Gasteiger partial charge in [0.05, 0.1) is 13.7 Å². The number of thiophene rings is 1. The van der Waals surface area contributed by atoms with E-state index in [1.807, 2.05) is 42.8 Å². The van der Waals surface area contributed by atoms with Gasteiger partial charge in [-0.2, -0.15) is 0 Å². The number of aliphatic imine (C=N–C) groups is 1. The smallest absolute Gasteiger partial charge is 0.192 e. The highest BCUT2D eigenvalue weighted by molar-refractivity contribution is 14.0. The highest BCUT2D eigenvalue weighted by Crippen LogP contribution is 2.22. The maximum Gasteiger partial charge on any atom is 0.192 e. The normalized spacial score (nSPS) is 11.1. The van der Waals surface area contributed by atoms with Crippen molar-refractivity contribution in [3.05, 3.63) is 62.8 Å². The Balaban J connectivity index is 0.00000320. The van der Waals surface area contributed by atoms with Crippen molar-refractivity contribution in [2.24, 2.45) is 12.0 Å². The summed E-state index contributed by atoms with van der Waals surface area (Å²) in [6.07, 6.45) is 0.769. The van der Waals surface area contributed by atoms with E-state index in [4.69, 9.17) is 16.3 Å². The number of guanidine groups is 1. The Labute approximate surface area is 202 Å². The molecule has 2 N–H and O–H groups in total. The van der Waals surface area contributed by atoms with E-state index in [0.29, 0.717) is 24.7 Å². The first kappa shape index (κ1) is 24.4. The Kier molecular flexibility index (Phi) is 9.86. The topological polar surface area (TPSA) is 76.4 Å². The van der Waals surface area contributed by atoms with E-state index in [1.165, 1.54) is 4.88 Å². The molecule has 2 heterocycles. The molecule has 0 aliphatic heterocycles. The molecule has 30 heavy (non-hydrogen) atoms. The van der Waals surface area contributed by atoms with Gasteiger partial charge >= 0.3 is 0 Å². The number of aromatic nitrogens is 3. The first-order chi connectivity index (χ1) is 14.1. The van der Waals surface area contributed by atoms with E-state index < -0.39 is 0 Å². The zero-order valence-corrected chi connectivity index (χ0v) is 21.1. The molecule has 3 aromatic rings. The lowest BCUT2D eigenvalue weighted by Gasteiger charge is -2.13. The number of benzene rings is 1. The van der Waals surface area contributed by atoms with Crippen LogP contribution in [0.1, 0.15) is 22.1 Å². The van der Waals surface area contributed by atoms with Crippen LogP contribution < -0.4 is 15.4 Å². The van der Waals surface area contributed by atoms with Crippen LogP contribution in [-0.4, -0.2) is 34.4 Å². The summed E-state index contributed by atoms with van der Waals surface area (Å²) in [4.78, 5) is 5.91. The Hall–Kier alpha value is -1.85. The van der Waals surface area contributed by atoms with E-state index in [0.717, 1.165) is 35.3 Å². The standard InChI is InChI=1S/C20H25ClN6OS.HI/c1-14-25-26-19(27(14)2)13-24-20(23-12-17-5-4-10-29-17)22-9-8-15-6-7-16(28-3)11-18(15)21;/h4-7,10-11H,8-9,12-13H2,1-3H3,(H2,22,23,24);1H. The Morgan fingerprint density at radius 2 is 2.10 bits per heavy atom. The first-order valence-electron chi connectivity index (χ1n) is 9.28. The molecule has 0 aliphatic carbocycles. The van der Waals surface area contributed by atoms with Crippen LogP contribution in [0.15, 0.2) is 40.7 Å². The molecule has 1 aromatic carbocycles. The molecule has 0 radical (unpaired) electrons. The number of halogens is 2. The van der Waals surface area contributed by atoms with Gasteiger partial charge in [0.2, 0.25) is 0 Å². The molecule has 0 saturated heterocycles. The summed E-state index contributed by atoms with van der Waals surface area (Å²) < 4.78 is 7.15. The van der Waals surface area contributed by atoms with Crippen molar-refractivity contribution in [1.29, 1.82) is 0 Å². The van der Waals surface area contributed by atoms with E-state index in [1.54, 1.807) is 18.4 Å². The predicted molar refractivity (Wildman–Crippen MR) is 133 cm³/mol. The number of aryl methyl sites for hydroxylation is 1. The number of ether oxygens (including phenoxy) is 1. The number of nitrogens with zero attached hydrogens (tertiary/aromatic N) is 4. The fraction of sp³-hybridized carbons (Fsp3) is 0.350. The van der Waals surface area contributed by atoms with Gasteiger partial charge in [0.15, 0.2) is 11.8 Å². The minimum absolute atomic E-state index is 0. The zero-order chi connectivity index (χ0) is 20.6. The van der Waals surface area contributed by atoms with E-state index in [2.05, 4.69) is 37.3 Å². The van der Waals surface area contributed by atoms with Gasteiger partial charge in [0, 0.05) is 23.5 Å². The van der Waals surface area contributed by atoms with Crippen molar-refractivity contribution in [3.63, 3.8) is 0 Å². The fourth-order valence-electron chi connectivity index (χ4n) is 2.67. The molecule has 0 spiro atoms. The van der Waals surface area contributed by atoms with Crippen LogP contribution in [0.4, 0.5) is 0 Å². The van der Waals surface area contributed by atoms with Gasteiger partial charge in [-0.15, -0.1) is 45.5 Å². The summed E-state index contributed by atoms with van der Waals surface area (Å²) in [6, 6.07) is 9.87. The van der Waals surface area contributed by atoms with Crippen LogP contribution >= 0.6 is 46.9 Å². The van der Waals surface area contributed by atoms with Gasteiger partial charge in [-0.05, 0) is 42.5 Å². The minimum Gasteiger partial charge on any atom is -0.497 e. The summed E-state index contributed by atoms with van der Waals surface area (Å²) in [5, 5.41) is 17.8. The Morgan fingerprint density at radius 3 is 2.73 bits per heavy atom. The van der Waals surface area contributed by atoms with Crippen LogP contribution in [0.5, 0.6) is 5.75 Å². The molecule has 0 bridgehead atoms. The number of hydrogen-bond donors (Lipinski definition) is 2. The second-order valence-electron chi connectivity index (χ2n) is 6.45. The summed E-state index contributed by atoms with van der Waals surface area (Å²) in [5.41, 5.74) is 1.06. The van der Waals surface area contributed by atoms with E-state index >= 15 is 0 Å². The van der Waals surface area contributed by atoms with Crippen molar-refractivity contribution < 1.29 is 4.74 Å². The molecule has 10 heteroatoms. The minimum atomic E-state index is 0. The van der Waals surface area contributed by atoms with Crippen molar-refractivity contribution in [1.82, 2.24) is 25.4 Å². The third-order valence-electron chi connectivity index (χ3n) is 4.52. The van der Waals surface area contributed by atoms with Crippen molar-refractivity contribution in [2.75, 3.05) is 13.7 Å². The van der Waals surface area contributed by atoms with Crippen LogP contribution in [0.25, 0.3) is 0 Å². The lowest BCUT2D eigenvalue weighted by Crippen LogP contribution is -2.38. The summed E-state index contributed by atoms with van der Waals surface area (Å²) in [6.45, 7) is 3.78. The van der Waals surface area contributed by atoms with Gasteiger partial charge < -0.3 is 19.9 Å². The van der Waals surface area contributed by atoms with Crippen molar-refractivity contribution in [3.8, 4) is 5.75 Å². The van der Waals surface area contributed by atoms with Crippen LogP contribution in [0.3, 0.4) is 0 Å². The predicted octanol–water partition coefficient (Wildman–Crippen LogP) is 3.94. The Bertz CT molecular complexity index is 960. The van der Waals surface area contributed by atoms with Crippen LogP contribution in [0, 0.1) is 6.92 Å². The summed E-state index contributed by atoms with van der Waals surface area (Å²) >= 11 is 8.05. The molecule has 162 valence electrons. The zero-order valence-electron chi connectivity index (χ0n) is 17.2. The van der Waals surface area contributed by atoms with Gasteiger partial charge in [-0.1, -0.05) is 23.7 Å². The highest BCUT2D eigenvalue weighted by atomic mass is 127. The maximum absolute atomic E-state index is 6.34. The average Bonchev–Trinajstić information content (AvgIpc) is 3.35. The quantitative estimate of drug-likeness (QED) is 0.248. The molecule has 0 atom stereocenters. The van der Waals surface area contributed by atoms with Crippen molar-refractivity contribution in [2.45, 2.75) is 26.4 Å². The van der Waals surface area contributed by atoms with E-state index in [-0.39, 0.29) is 24.0 Å². The van der Waals surface area contributed by atoms with Crippen LogP contribution in [-0.2, 0) is 26.6 Å². The number of rotatable bonds is 8. The number of methoxy groups -OCH3 is 1. The monoisotopic (exact) mass is 560 g/mol. The molecule has 0 fully saturated rings. The molecule has 0 saturated carbocycles. The molecular formula is C20H26ClIN6OS. The number of hydrogen-bond acceptors (Lipinski definition) is 5. The van der Waals surface area contributed by atoms with Crippen LogP contribution in [0.2, 0.25) is 5.02 Å². The first-order valence-corrected chi connectivity index (χ1v) is 10.5. The lowest BCUT2D eigenvalue weighted by atomic mass is 10.1. The lowest BCUT2D eigenvalue weighted by molar-refractivity contribution is 0.414. The second-order valence-corrected chi connectivity index (χ2v) is 7.89.